The van der Waals surface area contributed by atoms with Crippen molar-refractivity contribution < 1.29 is 13.2 Å². The van der Waals surface area contributed by atoms with Crippen LogP contribution in [0.5, 0.6) is 0 Å². The van der Waals surface area contributed by atoms with Crippen LogP contribution < -0.4 is 4.72 Å². The molecule has 98 valence electrons. The van der Waals surface area contributed by atoms with Crippen LogP contribution in [0, 0.1) is 11.3 Å². The fourth-order valence-corrected chi connectivity index (χ4v) is 2.23. The minimum absolute atomic E-state index is 0.0536. The largest absolute Gasteiger partial charge is 0.382 e. The number of rotatable bonds is 7. The fraction of sp³-hybridized carbons (Fsp3) is 0.455. The van der Waals surface area contributed by atoms with E-state index in [4.69, 9.17) is 10.00 Å². The lowest BCUT2D eigenvalue weighted by Gasteiger charge is -2.06. The number of nitriles is 1. The van der Waals surface area contributed by atoms with Crippen LogP contribution >= 0.6 is 0 Å². The fourth-order valence-electron chi connectivity index (χ4n) is 1.21. The molecule has 7 heteroatoms. The molecule has 0 fully saturated rings. The van der Waals surface area contributed by atoms with Crippen molar-refractivity contribution in [2.45, 2.75) is 18.2 Å². The lowest BCUT2D eigenvalue weighted by molar-refractivity contribution is 0.146. The molecule has 0 saturated carbocycles. The van der Waals surface area contributed by atoms with E-state index in [2.05, 4.69) is 9.71 Å². The van der Waals surface area contributed by atoms with E-state index in [0.29, 0.717) is 26.2 Å². The topological polar surface area (TPSA) is 92.1 Å². The van der Waals surface area contributed by atoms with Gasteiger partial charge in [-0.15, -0.1) is 0 Å². The number of hydrogen-bond acceptors (Lipinski definition) is 5. The van der Waals surface area contributed by atoms with Crippen molar-refractivity contribution in [3.63, 3.8) is 0 Å². The maximum Gasteiger partial charge on any atom is 0.242 e. The Kier molecular flexibility index (Phi) is 5.71. The van der Waals surface area contributed by atoms with E-state index in [1.54, 1.807) is 0 Å². The van der Waals surface area contributed by atoms with Crippen LogP contribution in [0.2, 0.25) is 0 Å². The predicted molar refractivity (Wildman–Crippen MR) is 65.3 cm³/mol. The number of nitrogens with zero attached hydrogens (tertiary/aromatic N) is 2. The Labute approximate surface area is 107 Å². The highest BCUT2D eigenvalue weighted by Gasteiger charge is 2.13. The molecule has 0 aromatic carbocycles. The zero-order valence-electron chi connectivity index (χ0n) is 10.1. The summed E-state index contributed by atoms with van der Waals surface area (Å²) in [4.78, 5) is 3.77. The van der Waals surface area contributed by atoms with Crippen LogP contribution in [0.4, 0.5) is 0 Å². The molecule has 0 saturated heterocycles. The molecule has 0 aliphatic carbocycles. The molecule has 0 spiro atoms. The van der Waals surface area contributed by atoms with Crippen LogP contribution in [0.25, 0.3) is 0 Å². The summed E-state index contributed by atoms with van der Waals surface area (Å²) in [6.45, 7) is 3.33. The minimum atomic E-state index is -3.55. The number of ether oxygens (including phenoxy) is 1. The molecule has 0 aliphatic heterocycles. The van der Waals surface area contributed by atoms with Gasteiger partial charge in [0.15, 0.2) is 0 Å². The van der Waals surface area contributed by atoms with Crippen molar-refractivity contribution in [3.05, 3.63) is 24.0 Å². The van der Waals surface area contributed by atoms with Crippen molar-refractivity contribution in [1.82, 2.24) is 9.71 Å². The summed E-state index contributed by atoms with van der Waals surface area (Å²) < 4.78 is 31.1. The average molecular weight is 269 g/mol. The lowest BCUT2D eigenvalue weighted by atomic mass is 10.4. The monoisotopic (exact) mass is 269 g/mol. The number of sulfonamides is 1. The Morgan fingerprint density at radius 3 is 2.83 bits per heavy atom. The van der Waals surface area contributed by atoms with Gasteiger partial charge in [-0.25, -0.2) is 18.1 Å². The normalized spacial score (nSPS) is 11.1. The first kappa shape index (κ1) is 14.6. The number of hydrogen-bond donors (Lipinski definition) is 1. The van der Waals surface area contributed by atoms with Gasteiger partial charge in [0.1, 0.15) is 16.7 Å². The molecule has 0 aliphatic rings. The number of pyridine rings is 1. The summed E-state index contributed by atoms with van der Waals surface area (Å²) in [6.07, 6.45) is 1.78. The van der Waals surface area contributed by atoms with Gasteiger partial charge in [0, 0.05) is 26.0 Å². The van der Waals surface area contributed by atoms with E-state index >= 15 is 0 Å². The van der Waals surface area contributed by atoms with Crippen LogP contribution in [-0.2, 0) is 14.8 Å². The van der Waals surface area contributed by atoms with Crippen molar-refractivity contribution in [2.24, 2.45) is 0 Å². The zero-order valence-corrected chi connectivity index (χ0v) is 10.9. The average Bonchev–Trinajstić information content (AvgIpc) is 2.38. The van der Waals surface area contributed by atoms with E-state index in [1.807, 2.05) is 13.0 Å². The Morgan fingerprint density at radius 1 is 1.50 bits per heavy atom. The van der Waals surface area contributed by atoms with E-state index < -0.39 is 10.0 Å². The van der Waals surface area contributed by atoms with Crippen LogP contribution in [-0.4, -0.2) is 33.2 Å². The second-order valence-electron chi connectivity index (χ2n) is 3.44. The van der Waals surface area contributed by atoms with E-state index in [1.165, 1.54) is 18.3 Å². The summed E-state index contributed by atoms with van der Waals surface area (Å²) in [7, 11) is -3.55. The molecule has 6 nitrogen and oxygen atoms in total. The van der Waals surface area contributed by atoms with Crippen molar-refractivity contribution >= 4 is 10.0 Å². The highest BCUT2D eigenvalue weighted by Crippen LogP contribution is 2.07. The molecule has 0 atom stereocenters. The van der Waals surface area contributed by atoms with Crippen molar-refractivity contribution in [3.8, 4) is 6.07 Å². The summed E-state index contributed by atoms with van der Waals surface area (Å²) in [5.74, 6) is 0. The Hall–Kier alpha value is -1.49. The van der Waals surface area contributed by atoms with Crippen LogP contribution in [0.3, 0.4) is 0 Å². The molecule has 1 heterocycles. The molecule has 1 N–H and O–H groups in total. The van der Waals surface area contributed by atoms with E-state index in [0.717, 1.165) is 0 Å². The molecule has 1 aromatic heterocycles. The smallest absolute Gasteiger partial charge is 0.242 e. The first-order chi connectivity index (χ1) is 8.60. The molecule has 18 heavy (non-hydrogen) atoms. The van der Waals surface area contributed by atoms with Gasteiger partial charge in [-0.05, 0) is 25.5 Å². The quantitative estimate of drug-likeness (QED) is 0.734. The SMILES string of the molecule is CCOCCCNS(=O)(=O)c1ccc(C#N)nc1. The molecule has 1 aromatic rings. The maximum atomic E-state index is 11.8. The zero-order chi connectivity index (χ0) is 13.4. The molecule has 0 radical (unpaired) electrons. The summed E-state index contributed by atoms with van der Waals surface area (Å²) >= 11 is 0. The molecular formula is C11H15N3O3S. The second-order valence-corrected chi connectivity index (χ2v) is 5.21. The van der Waals surface area contributed by atoms with Gasteiger partial charge in [-0.2, -0.15) is 5.26 Å². The molecular weight excluding hydrogens is 254 g/mol. The molecule has 0 unspecified atom stereocenters. The first-order valence-electron chi connectivity index (χ1n) is 5.53. The molecule has 1 rings (SSSR count). The standard InChI is InChI=1S/C11H15N3O3S/c1-2-17-7-3-6-14-18(15,16)11-5-4-10(8-12)13-9-11/h4-5,9,14H,2-3,6-7H2,1H3. The predicted octanol–water partition coefficient (Wildman–Crippen LogP) is 0.658. The highest BCUT2D eigenvalue weighted by molar-refractivity contribution is 7.89. The minimum Gasteiger partial charge on any atom is -0.382 e. The van der Waals surface area contributed by atoms with Gasteiger partial charge in [-0.3, -0.25) is 0 Å². The summed E-state index contributed by atoms with van der Waals surface area (Å²) in [6, 6.07) is 4.56. The second kappa shape index (κ2) is 7.06. The molecule has 0 amide bonds. The van der Waals surface area contributed by atoms with E-state index in [-0.39, 0.29) is 10.6 Å². The Balaban J connectivity index is 2.55. The van der Waals surface area contributed by atoms with Crippen molar-refractivity contribution in [2.75, 3.05) is 19.8 Å². The Bertz CT molecular complexity index is 505. The Morgan fingerprint density at radius 2 is 2.28 bits per heavy atom. The van der Waals surface area contributed by atoms with Crippen LogP contribution in [0.15, 0.2) is 23.2 Å². The third kappa shape index (κ3) is 4.41. The third-order valence-electron chi connectivity index (χ3n) is 2.12. The lowest BCUT2D eigenvalue weighted by Crippen LogP contribution is -2.25. The highest BCUT2D eigenvalue weighted by atomic mass is 32.2. The summed E-state index contributed by atoms with van der Waals surface area (Å²) in [5.41, 5.74) is 0.185. The van der Waals surface area contributed by atoms with Gasteiger partial charge in [0.25, 0.3) is 0 Å². The number of nitrogens with one attached hydrogen (secondary N) is 1. The third-order valence-corrected chi connectivity index (χ3v) is 3.57. The van der Waals surface area contributed by atoms with Gasteiger partial charge in [-0.1, -0.05) is 0 Å². The summed E-state index contributed by atoms with van der Waals surface area (Å²) in [5, 5.41) is 8.56. The van der Waals surface area contributed by atoms with E-state index in [9.17, 15) is 8.42 Å². The van der Waals surface area contributed by atoms with Gasteiger partial charge in [0.05, 0.1) is 0 Å². The van der Waals surface area contributed by atoms with Crippen molar-refractivity contribution in [1.29, 1.82) is 5.26 Å². The van der Waals surface area contributed by atoms with Gasteiger partial charge >= 0.3 is 0 Å². The van der Waals surface area contributed by atoms with Gasteiger partial charge in [0.2, 0.25) is 10.0 Å². The van der Waals surface area contributed by atoms with Gasteiger partial charge < -0.3 is 4.74 Å². The maximum absolute atomic E-state index is 11.8. The first-order valence-corrected chi connectivity index (χ1v) is 7.02. The number of aromatic nitrogens is 1. The van der Waals surface area contributed by atoms with Crippen LogP contribution in [0.1, 0.15) is 19.0 Å². The molecule has 0 bridgehead atoms.